The number of halogens is 3. The molecule has 88 valence electrons. The van der Waals surface area contributed by atoms with E-state index in [9.17, 15) is 18.0 Å². The summed E-state index contributed by atoms with van der Waals surface area (Å²) in [5.74, 6) is 0. The van der Waals surface area contributed by atoms with Crippen molar-refractivity contribution in [1.29, 1.82) is 0 Å². The third-order valence-corrected chi connectivity index (χ3v) is 2.46. The van der Waals surface area contributed by atoms with Crippen molar-refractivity contribution in [1.82, 2.24) is 10.6 Å². The molecule has 0 radical (unpaired) electrons. The molecular formula is C8H14F3N3O. The van der Waals surface area contributed by atoms with E-state index in [1.54, 1.807) is 5.32 Å². The molecule has 15 heavy (non-hydrogen) atoms. The topological polar surface area (TPSA) is 67.1 Å². The largest absolute Gasteiger partial charge is 0.405 e. The zero-order valence-electron chi connectivity index (χ0n) is 8.16. The van der Waals surface area contributed by atoms with Crippen LogP contribution in [0.25, 0.3) is 0 Å². The van der Waals surface area contributed by atoms with E-state index < -0.39 is 18.8 Å². The van der Waals surface area contributed by atoms with Gasteiger partial charge in [0.05, 0.1) is 0 Å². The van der Waals surface area contributed by atoms with Gasteiger partial charge in [0.25, 0.3) is 0 Å². The summed E-state index contributed by atoms with van der Waals surface area (Å²) in [5.41, 5.74) is 5.37. The Kier molecular flexibility index (Phi) is 3.43. The van der Waals surface area contributed by atoms with Crippen molar-refractivity contribution in [2.24, 2.45) is 11.1 Å². The van der Waals surface area contributed by atoms with Gasteiger partial charge in [-0.25, -0.2) is 4.79 Å². The van der Waals surface area contributed by atoms with Crippen LogP contribution in [0, 0.1) is 5.41 Å². The first kappa shape index (κ1) is 12.1. The van der Waals surface area contributed by atoms with Crippen molar-refractivity contribution in [2.45, 2.75) is 19.0 Å². The molecule has 1 aliphatic carbocycles. The fourth-order valence-corrected chi connectivity index (χ4v) is 1.14. The van der Waals surface area contributed by atoms with Crippen LogP contribution >= 0.6 is 0 Å². The quantitative estimate of drug-likeness (QED) is 0.655. The Morgan fingerprint density at radius 1 is 1.33 bits per heavy atom. The second-order valence-corrected chi connectivity index (χ2v) is 3.86. The number of hydrogen-bond donors (Lipinski definition) is 3. The van der Waals surface area contributed by atoms with Gasteiger partial charge in [-0.2, -0.15) is 13.2 Å². The lowest BCUT2D eigenvalue weighted by Crippen LogP contribution is -2.43. The van der Waals surface area contributed by atoms with Crippen LogP contribution in [0.4, 0.5) is 18.0 Å². The Bertz CT molecular complexity index is 238. The van der Waals surface area contributed by atoms with Crippen LogP contribution in [0.15, 0.2) is 0 Å². The van der Waals surface area contributed by atoms with Gasteiger partial charge in [-0.1, -0.05) is 0 Å². The second kappa shape index (κ2) is 4.26. The van der Waals surface area contributed by atoms with E-state index in [4.69, 9.17) is 5.73 Å². The van der Waals surface area contributed by atoms with Crippen LogP contribution in [0.1, 0.15) is 12.8 Å². The molecule has 4 N–H and O–H groups in total. The number of hydrogen-bond acceptors (Lipinski definition) is 2. The molecule has 0 aromatic heterocycles. The van der Waals surface area contributed by atoms with Crippen LogP contribution in [-0.4, -0.2) is 31.8 Å². The molecule has 2 amide bonds. The fraction of sp³-hybridized carbons (Fsp3) is 0.875. The first-order valence-corrected chi connectivity index (χ1v) is 4.65. The maximum absolute atomic E-state index is 11.7. The minimum absolute atomic E-state index is 0.0738. The first-order valence-electron chi connectivity index (χ1n) is 4.65. The summed E-state index contributed by atoms with van der Waals surface area (Å²) in [6, 6.07) is -0.799. The van der Waals surface area contributed by atoms with Gasteiger partial charge in [-0.15, -0.1) is 0 Å². The highest BCUT2D eigenvalue weighted by molar-refractivity contribution is 5.73. The summed E-state index contributed by atoms with van der Waals surface area (Å²) < 4.78 is 35.1. The van der Waals surface area contributed by atoms with E-state index in [0.717, 1.165) is 12.8 Å². The van der Waals surface area contributed by atoms with Crippen molar-refractivity contribution < 1.29 is 18.0 Å². The van der Waals surface area contributed by atoms with Crippen molar-refractivity contribution in [3.05, 3.63) is 0 Å². The summed E-state index contributed by atoms with van der Waals surface area (Å²) in [6.45, 7) is -0.520. The normalized spacial score (nSPS) is 18.4. The molecule has 0 bridgehead atoms. The predicted octanol–water partition coefficient (Wildman–Crippen LogP) is 0.587. The second-order valence-electron chi connectivity index (χ2n) is 3.86. The molecule has 0 saturated heterocycles. The van der Waals surface area contributed by atoms with Crippen LogP contribution in [-0.2, 0) is 0 Å². The van der Waals surface area contributed by atoms with Crippen molar-refractivity contribution >= 4 is 6.03 Å². The van der Waals surface area contributed by atoms with Crippen LogP contribution < -0.4 is 16.4 Å². The highest BCUT2D eigenvalue weighted by Gasteiger charge is 2.41. The van der Waals surface area contributed by atoms with Gasteiger partial charge < -0.3 is 16.4 Å². The smallest absolute Gasteiger partial charge is 0.338 e. The minimum Gasteiger partial charge on any atom is -0.338 e. The first-order chi connectivity index (χ1) is 6.87. The number of alkyl halides is 3. The molecule has 1 fully saturated rings. The van der Waals surface area contributed by atoms with Crippen molar-refractivity contribution in [2.75, 3.05) is 19.6 Å². The Labute approximate surface area is 85.4 Å². The Balaban J connectivity index is 2.14. The molecule has 1 aliphatic rings. The van der Waals surface area contributed by atoms with E-state index in [1.165, 1.54) is 0 Å². The highest BCUT2D eigenvalue weighted by Crippen LogP contribution is 2.43. The number of nitrogens with two attached hydrogens (primary N) is 1. The van der Waals surface area contributed by atoms with Crippen LogP contribution in [0.3, 0.4) is 0 Å². The Hall–Kier alpha value is -0.980. The third-order valence-electron chi connectivity index (χ3n) is 2.46. The molecule has 1 saturated carbocycles. The van der Waals surface area contributed by atoms with Gasteiger partial charge >= 0.3 is 12.2 Å². The van der Waals surface area contributed by atoms with Crippen molar-refractivity contribution in [3.63, 3.8) is 0 Å². The molecule has 0 unspecified atom stereocenters. The average Bonchev–Trinajstić information content (AvgIpc) is 2.91. The fourth-order valence-electron chi connectivity index (χ4n) is 1.14. The highest BCUT2D eigenvalue weighted by atomic mass is 19.4. The van der Waals surface area contributed by atoms with Gasteiger partial charge in [0.2, 0.25) is 0 Å². The zero-order chi connectivity index (χ0) is 11.5. The summed E-state index contributed by atoms with van der Waals surface area (Å²) in [6.07, 6.45) is -2.53. The average molecular weight is 225 g/mol. The summed E-state index contributed by atoms with van der Waals surface area (Å²) in [5, 5.41) is 4.11. The SMILES string of the molecule is NCC1(CNC(=O)NCC(F)(F)F)CC1. The summed E-state index contributed by atoms with van der Waals surface area (Å²) in [4.78, 5) is 10.9. The van der Waals surface area contributed by atoms with E-state index in [1.807, 2.05) is 0 Å². The molecule has 0 aromatic rings. The number of carbonyl (C=O) groups is 1. The lowest BCUT2D eigenvalue weighted by Gasteiger charge is -2.14. The lowest BCUT2D eigenvalue weighted by molar-refractivity contribution is -0.122. The van der Waals surface area contributed by atoms with Gasteiger partial charge in [-0.05, 0) is 19.4 Å². The maximum Gasteiger partial charge on any atom is 0.405 e. The number of carbonyl (C=O) groups excluding carboxylic acids is 1. The van der Waals surface area contributed by atoms with Crippen LogP contribution in [0.5, 0.6) is 0 Å². The zero-order valence-corrected chi connectivity index (χ0v) is 8.16. The van der Waals surface area contributed by atoms with Gasteiger partial charge in [0.1, 0.15) is 6.54 Å². The van der Waals surface area contributed by atoms with Gasteiger partial charge in [0.15, 0.2) is 0 Å². The summed E-state index contributed by atoms with van der Waals surface area (Å²) in [7, 11) is 0. The molecular weight excluding hydrogens is 211 g/mol. The molecule has 0 atom stereocenters. The lowest BCUT2D eigenvalue weighted by atomic mass is 10.1. The molecule has 7 heteroatoms. The standard InChI is InChI=1S/C8H14F3N3O/c9-8(10,11)5-14-6(15)13-4-7(3-12)1-2-7/h1-5,12H2,(H2,13,14,15). The monoisotopic (exact) mass is 225 g/mol. The van der Waals surface area contributed by atoms with E-state index >= 15 is 0 Å². The maximum atomic E-state index is 11.7. The molecule has 0 spiro atoms. The molecule has 0 aromatic carbocycles. The Morgan fingerprint density at radius 3 is 2.33 bits per heavy atom. The van der Waals surface area contributed by atoms with E-state index in [-0.39, 0.29) is 5.41 Å². The number of amides is 2. The summed E-state index contributed by atoms with van der Waals surface area (Å²) >= 11 is 0. The van der Waals surface area contributed by atoms with Gasteiger partial charge in [0, 0.05) is 12.0 Å². The molecule has 0 aliphatic heterocycles. The molecule has 1 rings (SSSR count). The number of urea groups is 1. The van der Waals surface area contributed by atoms with Gasteiger partial charge in [-0.3, -0.25) is 0 Å². The third kappa shape index (κ3) is 4.37. The van der Waals surface area contributed by atoms with E-state index in [0.29, 0.717) is 13.1 Å². The van der Waals surface area contributed by atoms with Crippen molar-refractivity contribution in [3.8, 4) is 0 Å². The predicted molar refractivity (Wildman–Crippen MR) is 48.2 cm³/mol. The molecule has 4 nitrogen and oxygen atoms in total. The Morgan fingerprint density at radius 2 is 1.93 bits per heavy atom. The van der Waals surface area contributed by atoms with E-state index in [2.05, 4.69) is 5.32 Å². The van der Waals surface area contributed by atoms with Crippen LogP contribution in [0.2, 0.25) is 0 Å². The number of nitrogens with one attached hydrogen (secondary N) is 2. The molecule has 0 heterocycles. The number of rotatable bonds is 4. The minimum atomic E-state index is -4.37.